The van der Waals surface area contributed by atoms with E-state index in [0.29, 0.717) is 26.2 Å². The number of piperazine rings is 1. The molecule has 0 aliphatic carbocycles. The predicted molar refractivity (Wildman–Crippen MR) is 92.0 cm³/mol. The molecule has 146 valence electrons. The number of halogens is 1. The molecular formula is C16H19FN4O6. The number of carbonyl (C=O) groups excluding carboxylic acids is 1. The van der Waals surface area contributed by atoms with Crippen LogP contribution in [0.5, 0.6) is 0 Å². The zero-order valence-electron chi connectivity index (χ0n) is 14.5. The van der Waals surface area contributed by atoms with Crippen molar-refractivity contribution in [2.24, 2.45) is 0 Å². The van der Waals surface area contributed by atoms with Crippen LogP contribution in [0.4, 0.5) is 20.8 Å². The number of aromatic nitrogens is 1. The van der Waals surface area contributed by atoms with Crippen molar-refractivity contribution in [1.82, 2.24) is 9.88 Å². The molecule has 1 aliphatic heterocycles. The average Bonchev–Trinajstić information content (AvgIpc) is 2.63. The Hall–Kier alpha value is -3.37. The Bertz CT molecular complexity index is 745. The van der Waals surface area contributed by atoms with E-state index in [9.17, 15) is 18.8 Å². The molecular weight excluding hydrogens is 363 g/mol. The third kappa shape index (κ3) is 5.06. The third-order valence-electron chi connectivity index (χ3n) is 3.76. The molecule has 0 aromatic carbocycles. The van der Waals surface area contributed by atoms with Crippen LogP contribution in [0.15, 0.2) is 23.9 Å². The first-order chi connectivity index (χ1) is 12.8. The molecule has 10 nitrogen and oxygen atoms in total. The second-order valence-electron chi connectivity index (χ2n) is 5.49. The molecule has 2 heterocycles. The molecule has 1 fully saturated rings. The number of carboxylic acid groups (broad SMARTS) is 2. The SMILES string of the molecule is CCOC(=O)N1CCN(c2nc(NC=C(C(=O)O)C(=O)O)ccc2F)CC1. The predicted octanol–water partition coefficient (Wildman–Crippen LogP) is 0.964. The second kappa shape index (κ2) is 8.83. The Kier molecular flexibility index (Phi) is 6.52. The summed E-state index contributed by atoms with van der Waals surface area (Å²) in [5, 5.41) is 20.1. The van der Waals surface area contributed by atoms with E-state index >= 15 is 0 Å². The van der Waals surface area contributed by atoms with Crippen molar-refractivity contribution in [3.8, 4) is 0 Å². The van der Waals surface area contributed by atoms with Crippen LogP contribution in [-0.2, 0) is 14.3 Å². The van der Waals surface area contributed by atoms with Crippen molar-refractivity contribution < 1.29 is 33.7 Å². The van der Waals surface area contributed by atoms with Gasteiger partial charge in [0.1, 0.15) is 5.82 Å². The molecule has 0 unspecified atom stereocenters. The van der Waals surface area contributed by atoms with E-state index in [4.69, 9.17) is 14.9 Å². The zero-order chi connectivity index (χ0) is 20.0. The van der Waals surface area contributed by atoms with Gasteiger partial charge in [-0.1, -0.05) is 0 Å². The first kappa shape index (κ1) is 19.9. The summed E-state index contributed by atoms with van der Waals surface area (Å²) in [6, 6.07) is 2.39. The van der Waals surface area contributed by atoms with Gasteiger partial charge in [-0.15, -0.1) is 0 Å². The molecule has 2 rings (SSSR count). The number of amides is 1. The topological polar surface area (TPSA) is 132 Å². The minimum Gasteiger partial charge on any atom is -0.477 e. The van der Waals surface area contributed by atoms with Gasteiger partial charge in [0.25, 0.3) is 0 Å². The fraction of sp³-hybridized carbons (Fsp3) is 0.375. The van der Waals surface area contributed by atoms with Crippen LogP contribution in [0.1, 0.15) is 6.92 Å². The molecule has 27 heavy (non-hydrogen) atoms. The maximum absolute atomic E-state index is 14.1. The molecule has 0 radical (unpaired) electrons. The molecule has 11 heteroatoms. The molecule has 1 saturated heterocycles. The minimum atomic E-state index is -1.62. The van der Waals surface area contributed by atoms with Gasteiger partial charge in [-0.25, -0.2) is 23.8 Å². The van der Waals surface area contributed by atoms with Crippen LogP contribution in [-0.4, -0.2) is 70.9 Å². The summed E-state index contributed by atoms with van der Waals surface area (Å²) in [5.74, 6) is -3.73. The number of nitrogens with one attached hydrogen (secondary N) is 1. The van der Waals surface area contributed by atoms with Crippen molar-refractivity contribution in [3.05, 3.63) is 29.7 Å². The fourth-order valence-electron chi connectivity index (χ4n) is 2.41. The summed E-state index contributed by atoms with van der Waals surface area (Å²) in [6.07, 6.45) is 0.342. The number of hydrogen-bond acceptors (Lipinski definition) is 7. The molecule has 1 aromatic rings. The first-order valence-electron chi connectivity index (χ1n) is 8.10. The third-order valence-corrected chi connectivity index (χ3v) is 3.76. The number of hydrogen-bond donors (Lipinski definition) is 3. The van der Waals surface area contributed by atoms with Crippen LogP contribution in [0.25, 0.3) is 0 Å². The Balaban J connectivity index is 2.10. The van der Waals surface area contributed by atoms with Gasteiger partial charge < -0.3 is 30.1 Å². The van der Waals surface area contributed by atoms with E-state index in [1.54, 1.807) is 11.8 Å². The number of pyridine rings is 1. The minimum absolute atomic E-state index is 0.0177. The second-order valence-corrected chi connectivity index (χ2v) is 5.49. The number of nitrogens with zero attached hydrogens (tertiary/aromatic N) is 3. The number of ether oxygens (including phenoxy) is 1. The van der Waals surface area contributed by atoms with E-state index in [-0.39, 0.29) is 18.2 Å². The van der Waals surface area contributed by atoms with Crippen molar-refractivity contribution in [2.45, 2.75) is 6.92 Å². The normalized spacial score (nSPS) is 13.7. The Labute approximate surface area is 153 Å². The number of anilines is 2. The van der Waals surface area contributed by atoms with E-state index in [2.05, 4.69) is 10.3 Å². The smallest absolute Gasteiger partial charge is 0.409 e. The summed E-state index contributed by atoms with van der Waals surface area (Å²) in [7, 11) is 0. The Morgan fingerprint density at radius 1 is 1.22 bits per heavy atom. The maximum Gasteiger partial charge on any atom is 0.409 e. The quantitative estimate of drug-likeness (QED) is 0.374. The van der Waals surface area contributed by atoms with Gasteiger partial charge in [-0.05, 0) is 19.1 Å². The highest BCUT2D eigenvalue weighted by molar-refractivity contribution is 6.12. The highest BCUT2D eigenvalue weighted by Gasteiger charge is 2.24. The molecule has 0 saturated carbocycles. The van der Waals surface area contributed by atoms with Gasteiger partial charge in [0.2, 0.25) is 0 Å². The molecule has 0 spiro atoms. The van der Waals surface area contributed by atoms with Gasteiger partial charge in [0.05, 0.1) is 6.61 Å². The van der Waals surface area contributed by atoms with Crippen molar-refractivity contribution >= 4 is 29.7 Å². The summed E-state index contributed by atoms with van der Waals surface area (Å²) in [5.41, 5.74) is -0.884. The summed E-state index contributed by atoms with van der Waals surface area (Å²) in [4.78, 5) is 40.6. The Morgan fingerprint density at radius 3 is 2.41 bits per heavy atom. The van der Waals surface area contributed by atoms with Gasteiger partial charge >= 0.3 is 18.0 Å². The summed E-state index contributed by atoms with van der Waals surface area (Å²) >= 11 is 0. The van der Waals surface area contributed by atoms with Crippen LogP contribution < -0.4 is 10.2 Å². The highest BCUT2D eigenvalue weighted by Crippen LogP contribution is 2.21. The molecule has 1 aliphatic rings. The van der Waals surface area contributed by atoms with Crippen molar-refractivity contribution in [2.75, 3.05) is 43.0 Å². The van der Waals surface area contributed by atoms with Crippen LogP contribution in [0, 0.1) is 5.82 Å². The van der Waals surface area contributed by atoms with E-state index < -0.39 is 29.4 Å². The molecule has 1 aromatic heterocycles. The first-order valence-corrected chi connectivity index (χ1v) is 8.10. The number of carboxylic acids is 2. The monoisotopic (exact) mass is 382 g/mol. The highest BCUT2D eigenvalue weighted by atomic mass is 19.1. The van der Waals surface area contributed by atoms with Crippen LogP contribution in [0.3, 0.4) is 0 Å². The number of carbonyl (C=O) groups is 3. The van der Waals surface area contributed by atoms with Gasteiger partial charge in [0.15, 0.2) is 17.2 Å². The summed E-state index contributed by atoms with van der Waals surface area (Å²) in [6.45, 7) is 3.31. The maximum atomic E-state index is 14.1. The van der Waals surface area contributed by atoms with Gasteiger partial charge in [0, 0.05) is 32.4 Å². The molecule has 0 bridgehead atoms. The Morgan fingerprint density at radius 2 is 1.85 bits per heavy atom. The van der Waals surface area contributed by atoms with Gasteiger partial charge in [-0.3, -0.25) is 0 Å². The largest absolute Gasteiger partial charge is 0.477 e. The lowest BCUT2D eigenvalue weighted by atomic mass is 10.3. The van der Waals surface area contributed by atoms with Gasteiger partial charge in [-0.2, -0.15) is 0 Å². The lowest BCUT2D eigenvalue weighted by molar-refractivity contribution is -0.140. The fourth-order valence-corrected chi connectivity index (χ4v) is 2.41. The number of rotatable bonds is 6. The van der Waals surface area contributed by atoms with Crippen LogP contribution in [0.2, 0.25) is 0 Å². The van der Waals surface area contributed by atoms with Crippen molar-refractivity contribution in [3.63, 3.8) is 0 Å². The lowest BCUT2D eigenvalue weighted by Gasteiger charge is -2.34. The average molecular weight is 382 g/mol. The summed E-state index contributed by atoms with van der Waals surface area (Å²) < 4.78 is 19.1. The van der Waals surface area contributed by atoms with Crippen LogP contribution >= 0.6 is 0 Å². The van der Waals surface area contributed by atoms with Crippen molar-refractivity contribution in [1.29, 1.82) is 0 Å². The molecule has 3 N–H and O–H groups in total. The lowest BCUT2D eigenvalue weighted by Crippen LogP contribution is -2.49. The number of aliphatic carboxylic acids is 2. The van der Waals surface area contributed by atoms with E-state index in [1.165, 1.54) is 11.0 Å². The zero-order valence-corrected chi connectivity index (χ0v) is 14.5. The molecule has 0 atom stereocenters. The van der Waals surface area contributed by atoms with E-state index in [0.717, 1.165) is 12.3 Å². The molecule has 1 amide bonds. The van der Waals surface area contributed by atoms with E-state index in [1.807, 2.05) is 0 Å². The standard InChI is InChI=1S/C16H19FN4O6/c1-2-27-16(26)21-7-5-20(6-8-21)13-11(17)3-4-12(19-13)18-9-10(14(22)23)15(24)25/h3-4,9H,2,5-8H2,1H3,(H,18,19)(H,22,23)(H,24,25).